The Bertz CT molecular complexity index is 1020. The summed E-state index contributed by atoms with van der Waals surface area (Å²) < 4.78 is 0. The minimum atomic E-state index is -0.0245. The third-order valence-electron chi connectivity index (χ3n) is 6.74. The minimum absolute atomic E-state index is 0.0245. The molecule has 184 valence electrons. The van der Waals surface area contributed by atoms with Crippen LogP contribution in [0.15, 0.2) is 48.6 Å². The number of hydrogen-bond donors (Lipinski definition) is 2. The lowest BCUT2D eigenvalue weighted by Crippen LogP contribution is -2.34. The fourth-order valence-corrected chi connectivity index (χ4v) is 4.69. The third-order valence-corrected chi connectivity index (χ3v) is 6.74. The highest BCUT2D eigenvalue weighted by Crippen LogP contribution is 2.25. The van der Waals surface area contributed by atoms with Crippen molar-refractivity contribution in [2.45, 2.75) is 44.9 Å². The van der Waals surface area contributed by atoms with Crippen molar-refractivity contribution in [3.8, 4) is 11.5 Å². The van der Waals surface area contributed by atoms with Crippen molar-refractivity contribution in [2.24, 2.45) is 0 Å². The van der Waals surface area contributed by atoms with Gasteiger partial charge in [0.15, 0.2) is 0 Å². The minimum Gasteiger partial charge on any atom is -0.507 e. The second kappa shape index (κ2) is 11.7. The van der Waals surface area contributed by atoms with Gasteiger partial charge < -0.3 is 20.0 Å². The Kier molecular flexibility index (Phi) is 8.24. The van der Waals surface area contributed by atoms with Gasteiger partial charge in [-0.1, -0.05) is 12.1 Å². The van der Waals surface area contributed by atoms with Crippen molar-refractivity contribution in [3.63, 3.8) is 0 Å². The predicted molar refractivity (Wildman–Crippen MR) is 138 cm³/mol. The molecule has 0 atom stereocenters. The summed E-state index contributed by atoms with van der Waals surface area (Å²) in [6.45, 7) is 3.15. The number of carbonyl (C=O) groups is 2. The monoisotopic (exact) mass is 474 g/mol. The van der Waals surface area contributed by atoms with Gasteiger partial charge in [-0.15, -0.1) is 0 Å². The molecule has 2 aliphatic rings. The molecule has 0 saturated carbocycles. The molecule has 2 saturated heterocycles. The van der Waals surface area contributed by atoms with Crippen LogP contribution in [0.3, 0.4) is 0 Å². The SMILES string of the molecule is O=C(/C=C/c1cc(Cc2ccc(O)c(/C=C/C(=O)N3CCCCC3)c2)ccc1O)N1CCCCC1. The highest BCUT2D eigenvalue weighted by atomic mass is 16.3. The van der Waals surface area contributed by atoms with Crippen molar-refractivity contribution in [1.82, 2.24) is 9.80 Å². The zero-order valence-corrected chi connectivity index (χ0v) is 20.2. The highest BCUT2D eigenvalue weighted by Gasteiger charge is 2.15. The van der Waals surface area contributed by atoms with Crippen LogP contribution >= 0.6 is 0 Å². The van der Waals surface area contributed by atoms with Gasteiger partial charge in [-0.25, -0.2) is 0 Å². The van der Waals surface area contributed by atoms with Crippen LogP contribution in [0.25, 0.3) is 12.2 Å². The molecule has 4 rings (SSSR count). The normalized spacial score (nSPS) is 16.8. The summed E-state index contributed by atoms with van der Waals surface area (Å²) in [6.07, 6.45) is 13.5. The van der Waals surface area contributed by atoms with Crippen LogP contribution in [0.5, 0.6) is 11.5 Å². The van der Waals surface area contributed by atoms with Crippen molar-refractivity contribution in [1.29, 1.82) is 0 Å². The number of rotatable bonds is 6. The van der Waals surface area contributed by atoms with Crippen LogP contribution in [-0.4, -0.2) is 58.0 Å². The number of hydrogen-bond acceptors (Lipinski definition) is 4. The maximum absolute atomic E-state index is 12.4. The maximum atomic E-state index is 12.4. The van der Waals surface area contributed by atoms with Gasteiger partial charge in [0.25, 0.3) is 0 Å². The molecule has 0 aromatic heterocycles. The molecular formula is C29H34N2O4. The van der Waals surface area contributed by atoms with Crippen LogP contribution < -0.4 is 0 Å². The molecule has 2 N–H and O–H groups in total. The first-order valence-corrected chi connectivity index (χ1v) is 12.6. The lowest BCUT2D eigenvalue weighted by atomic mass is 9.99. The molecule has 2 aliphatic heterocycles. The number of piperidine rings is 2. The van der Waals surface area contributed by atoms with Gasteiger partial charge in [-0.3, -0.25) is 9.59 Å². The van der Waals surface area contributed by atoms with E-state index in [2.05, 4.69) is 0 Å². The molecule has 2 aromatic rings. The average molecular weight is 475 g/mol. The smallest absolute Gasteiger partial charge is 0.246 e. The van der Waals surface area contributed by atoms with E-state index in [9.17, 15) is 19.8 Å². The molecule has 2 heterocycles. The van der Waals surface area contributed by atoms with Crippen molar-refractivity contribution in [3.05, 3.63) is 70.8 Å². The molecule has 0 aliphatic carbocycles. The Morgan fingerprint density at radius 1 is 0.657 bits per heavy atom. The summed E-state index contributed by atoms with van der Waals surface area (Å²) in [6, 6.07) is 10.7. The maximum Gasteiger partial charge on any atom is 0.246 e. The van der Waals surface area contributed by atoms with E-state index in [0.717, 1.165) is 63.0 Å². The number of aromatic hydroxyl groups is 2. The number of benzene rings is 2. The van der Waals surface area contributed by atoms with Gasteiger partial charge in [0, 0.05) is 49.5 Å². The number of carbonyl (C=O) groups excluding carboxylic acids is 2. The van der Waals surface area contributed by atoms with Crippen molar-refractivity contribution >= 4 is 24.0 Å². The molecule has 0 radical (unpaired) electrons. The zero-order chi connectivity index (χ0) is 24.6. The highest BCUT2D eigenvalue weighted by molar-refractivity contribution is 5.92. The molecular weight excluding hydrogens is 440 g/mol. The number of amides is 2. The number of nitrogens with zero attached hydrogens (tertiary/aromatic N) is 2. The summed E-state index contributed by atoms with van der Waals surface area (Å²) in [4.78, 5) is 28.6. The van der Waals surface area contributed by atoms with Crippen molar-refractivity contribution < 1.29 is 19.8 Å². The first-order valence-electron chi connectivity index (χ1n) is 12.6. The second-order valence-electron chi connectivity index (χ2n) is 9.40. The Morgan fingerprint density at radius 3 is 1.46 bits per heavy atom. The van der Waals surface area contributed by atoms with Gasteiger partial charge in [0.1, 0.15) is 11.5 Å². The zero-order valence-electron chi connectivity index (χ0n) is 20.2. The Morgan fingerprint density at radius 2 is 1.06 bits per heavy atom. The van der Waals surface area contributed by atoms with E-state index in [4.69, 9.17) is 0 Å². The molecule has 6 heteroatoms. The van der Waals surface area contributed by atoms with Crippen LogP contribution in [0.2, 0.25) is 0 Å². The van der Waals surface area contributed by atoms with Gasteiger partial charge in [0.2, 0.25) is 11.8 Å². The third kappa shape index (κ3) is 6.75. The van der Waals surface area contributed by atoms with Gasteiger partial charge in [-0.2, -0.15) is 0 Å². The van der Waals surface area contributed by atoms with Gasteiger partial charge in [0.05, 0.1) is 0 Å². The molecule has 2 amide bonds. The first-order chi connectivity index (χ1) is 17.0. The molecule has 35 heavy (non-hydrogen) atoms. The second-order valence-corrected chi connectivity index (χ2v) is 9.40. The summed E-state index contributed by atoms with van der Waals surface area (Å²) in [5.41, 5.74) is 3.13. The van der Waals surface area contributed by atoms with E-state index in [1.54, 1.807) is 24.3 Å². The summed E-state index contributed by atoms with van der Waals surface area (Å²) in [5, 5.41) is 20.6. The van der Waals surface area contributed by atoms with E-state index in [-0.39, 0.29) is 23.3 Å². The summed E-state index contributed by atoms with van der Waals surface area (Å²) >= 11 is 0. The number of phenolic OH excluding ortho intramolecular Hbond substituents is 2. The Balaban J connectivity index is 1.44. The van der Waals surface area contributed by atoms with E-state index in [1.807, 2.05) is 34.1 Å². The van der Waals surface area contributed by atoms with E-state index in [0.29, 0.717) is 17.5 Å². The molecule has 0 unspecified atom stereocenters. The molecule has 0 spiro atoms. The molecule has 6 nitrogen and oxygen atoms in total. The summed E-state index contributed by atoms with van der Waals surface area (Å²) in [5.74, 6) is 0.205. The Labute approximate surface area is 207 Å². The van der Waals surface area contributed by atoms with Crippen LogP contribution in [0, 0.1) is 0 Å². The largest absolute Gasteiger partial charge is 0.507 e. The number of phenols is 2. The lowest BCUT2D eigenvalue weighted by molar-refractivity contribution is -0.127. The standard InChI is InChI=1S/C29H34N2O4/c32-26-11-7-22(20-24(26)9-13-28(34)30-15-3-1-4-16-30)19-23-8-12-27(33)25(21-23)10-14-29(35)31-17-5-2-6-18-31/h7-14,20-21,32-33H,1-6,15-19H2/b13-9+,14-10+. The van der Waals surface area contributed by atoms with Gasteiger partial charge in [-0.05, 0) is 92.5 Å². The average Bonchev–Trinajstić information content (AvgIpc) is 2.90. The van der Waals surface area contributed by atoms with E-state index >= 15 is 0 Å². The summed E-state index contributed by atoms with van der Waals surface area (Å²) in [7, 11) is 0. The van der Waals surface area contributed by atoms with Gasteiger partial charge >= 0.3 is 0 Å². The Hall–Kier alpha value is -3.54. The number of likely N-dealkylation sites (tertiary alicyclic amines) is 2. The fraction of sp³-hybridized carbons (Fsp3) is 0.379. The molecule has 0 bridgehead atoms. The molecule has 2 fully saturated rings. The van der Waals surface area contributed by atoms with Crippen molar-refractivity contribution in [2.75, 3.05) is 26.2 Å². The van der Waals surface area contributed by atoms with Crippen LogP contribution in [0.1, 0.15) is 60.8 Å². The molecule has 2 aromatic carbocycles. The predicted octanol–water partition coefficient (Wildman–Crippen LogP) is 4.74. The van der Waals surface area contributed by atoms with E-state index in [1.165, 1.54) is 25.0 Å². The fourth-order valence-electron chi connectivity index (χ4n) is 4.69. The quantitative estimate of drug-likeness (QED) is 0.593. The van der Waals surface area contributed by atoms with Crippen LogP contribution in [-0.2, 0) is 16.0 Å². The first kappa shape index (κ1) is 24.6. The van der Waals surface area contributed by atoms with E-state index < -0.39 is 0 Å². The topological polar surface area (TPSA) is 81.1 Å². The lowest BCUT2D eigenvalue weighted by Gasteiger charge is -2.25. The van der Waals surface area contributed by atoms with Crippen LogP contribution in [0.4, 0.5) is 0 Å².